The third-order valence-corrected chi connectivity index (χ3v) is 5.30. The normalized spacial score (nSPS) is 10.4. The summed E-state index contributed by atoms with van der Waals surface area (Å²) in [7, 11) is 2.99. The summed E-state index contributed by atoms with van der Waals surface area (Å²) in [6.07, 6.45) is 0. The Labute approximate surface area is 236 Å². The number of hydrogen-bond acceptors (Lipinski definition) is 12. The van der Waals surface area contributed by atoms with Crippen LogP contribution in [0.4, 0.5) is 0 Å². The van der Waals surface area contributed by atoms with Crippen molar-refractivity contribution in [2.45, 2.75) is 0 Å². The zero-order valence-electron chi connectivity index (χ0n) is 21.7. The molecule has 0 fully saturated rings. The molecule has 3 heterocycles. The Morgan fingerprint density at radius 3 is 1.56 bits per heavy atom. The Kier molecular flexibility index (Phi) is 9.58. The maximum atomic E-state index is 11.5. The molecule has 3 aromatic carbocycles. The molecule has 0 aliphatic heterocycles. The van der Waals surface area contributed by atoms with Gasteiger partial charge < -0.3 is 29.8 Å². The van der Waals surface area contributed by atoms with Crippen LogP contribution in [-0.2, 0) is 4.74 Å². The van der Waals surface area contributed by atoms with Crippen LogP contribution in [0, 0.1) is 15.6 Å². The number of rotatable bonds is 5. The minimum atomic E-state index is -0.0382. The van der Waals surface area contributed by atoms with E-state index < -0.39 is 0 Å². The van der Waals surface area contributed by atoms with E-state index in [1.165, 1.54) is 7.11 Å². The lowest BCUT2D eigenvalue weighted by Crippen LogP contribution is -2.33. The van der Waals surface area contributed by atoms with Gasteiger partial charge in [0.25, 0.3) is 21.8 Å². The molecule has 15 nitrogen and oxygen atoms in total. The van der Waals surface area contributed by atoms with Gasteiger partial charge in [-0.25, -0.2) is 4.98 Å². The van der Waals surface area contributed by atoms with Crippen LogP contribution in [0.15, 0.2) is 72.8 Å². The molecule has 16 heteroatoms. The van der Waals surface area contributed by atoms with Gasteiger partial charge in [0.1, 0.15) is 23.2 Å². The molecule has 0 radical (unpaired) electrons. The summed E-state index contributed by atoms with van der Waals surface area (Å²) in [5.41, 5.74) is 2.95. The molecule has 0 aliphatic carbocycles. The summed E-state index contributed by atoms with van der Waals surface area (Å²) in [5.74, 6) is 0. The van der Waals surface area contributed by atoms with Crippen LogP contribution in [0.25, 0.3) is 33.1 Å². The van der Waals surface area contributed by atoms with E-state index in [4.69, 9.17) is 25.8 Å². The average Bonchev–Trinajstić information content (AvgIpc) is 2.98. The van der Waals surface area contributed by atoms with E-state index >= 15 is 0 Å². The van der Waals surface area contributed by atoms with Crippen LogP contribution in [0.1, 0.15) is 0 Å². The predicted octanol–water partition coefficient (Wildman–Crippen LogP) is 1.48. The lowest BCUT2D eigenvalue weighted by molar-refractivity contribution is -0.643. The Bertz CT molecular complexity index is 1780. The third kappa shape index (κ3) is 7.43. The molecule has 210 valence electrons. The van der Waals surface area contributed by atoms with Crippen LogP contribution in [0.3, 0.4) is 0 Å². The second-order valence-corrected chi connectivity index (χ2v) is 8.14. The number of nitrogens with zero attached hydrogens (tertiary/aromatic N) is 9. The van der Waals surface area contributed by atoms with E-state index in [1.54, 1.807) is 79.9 Å². The second-order valence-electron chi connectivity index (χ2n) is 7.80. The van der Waals surface area contributed by atoms with E-state index in [-0.39, 0.29) is 17.3 Å². The van der Waals surface area contributed by atoms with Gasteiger partial charge in [-0.15, -0.1) is 0 Å². The van der Waals surface area contributed by atoms with E-state index in [0.29, 0.717) is 60.8 Å². The van der Waals surface area contributed by atoms with Crippen molar-refractivity contribution >= 4 is 44.7 Å². The molecule has 0 spiro atoms. The standard InChI is InChI=1S/C10H11N3O3.C8H7N3O2.C7H4ClN3O/c1-15-6-7-16-10-11-8-4-2-3-5-9(8)13(14)12-10;1-13-8-9-6-4-2-3-5-7(6)11(12)10-8;8-7-9-5-3-1-2-4-6(5)11(12)10-7/h2-5H,6-7H2,1H3;2-5H,1H3;1-4H. The van der Waals surface area contributed by atoms with Crippen LogP contribution < -0.4 is 24.0 Å². The summed E-state index contributed by atoms with van der Waals surface area (Å²) < 4.78 is 14.7. The molecule has 6 rings (SSSR count). The zero-order chi connectivity index (χ0) is 29.2. The molecule has 0 saturated carbocycles. The number of fused-ring (bicyclic) bond motifs is 3. The van der Waals surface area contributed by atoms with E-state index in [9.17, 15) is 15.6 Å². The molecule has 0 aliphatic rings. The summed E-state index contributed by atoms with van der Waals surface area (Å²) in [6.45, 7) is 0.740. The van der Waals surface area contributed by atoms with E-state index in [0.717, 1.165) is 0 Å². The van der Waals surface area contributed by atoms with Gasteiger partial charge in [0.2, 0.25) is 0 Å². The third-order valence-electron chi connectivity index (χ3n) is 5.14. The molecular weight excluding hydrogens is 558 g/mol. The molecular formula is C25H22ClN9O6. The zero-order valence-corrected chi connectivity index (χ0v) is 22.5. The molecule has 0 unspecified atom stereocenters. The van der Waals surface area contributed by atoms with Crippen LogP contribution >= 0.6 is 11.6 Å². The topological polar surface area (TPSA) is 186 Å². The number of ether oxygens (including phenoxy) is 3. The smallest absolute Gasteiger partial charge is 0.381 e. The second kappa shape index (κ2) is 13.7. The highest BCUT2D eigenvalue weighted by atomic mass is 35.5. The van der Waals surface area contributed by atoms with Gasteiger partial charge in [-0.1, -0.05) is 36.4 Å². The summed E-state index contributed by atoms with van der Waals surface area (Å²) >= 11 is 5.48. The van der Waals surface area contributed by atoms with Crippen molar-refractivity contribution < 1.29 is 28.7 Å². The number of methoxy groups -OCH3 is 2. The monoisotopic (exact) mass is 579 g/mol. The first-order chi connectivity index (χ1) is 19.9. The van der Waals surface area contributed by atoms with Crippen molar-refractivity contribution in [3.63, 3.8) is 0 Å². The highest BCUT2D eigenvalue weighted by Crippen LogP contribution is 2.10. The Morgan fingerprint density at radius 1 is 0.610 bits per heavy atom. The van der Waals surface area contributed by atoms with Gasteiger partial charge in [-0.2, -0.15) is 9.97 Å². The first-order valence-electron chi connectivity index (χ1n) is 11.8. The van der Waals surface area contributed by atoms with Crippen molar-refractivity contribution in [3.05, 3.63) is 93.7 Å². The Balaban J connectivity index is 0.000000143. The highest BCUT2D eigenvalue weighted by Gasteiger charge is 2.11. The fourth-order valence-corrected chi connectivity index (χ4v) is 3.45. The van der Waals surface area contributed by atoms with Gasteiger partial charge in [0.15, 0.2) is 0 Å². The maximum Gasteiger partial charge on any atom is 0.381 e. The number of benzene rings is 3. The first kappa shape index (κ1) is 28.7. The van der Waals surface area contributed by atoms with Crippen molar-refractivity contribution in [3.8, 4) is 12.0 Å². The molecule has 0 amide bonds. The van der Waals surface area contributed by atoms with Gasteiger partial charge in [0, 0.05) is 30.4 Å². The molecule has 0 bridgehead atoms. The summed E-state index contributed by atoms with van der Waals surface area (Å²) in [6, 6.07) is 20.9. The van der Waals surface area contributed by atoms with Crippen molar-refractivity contribution in [1.82, 2.24) is 30.2 Å². The lowest BCUT2D eigenvalue weighted by Gasteiger charge is -2.03. The van der Waals surface area contributed by atoms with Crippen LogP contribution in [-0.4, -0.2) is 57.7 Å². The van der Waals surface area contributed by atoms with E-state index in [2.05, 4.69) is 30.2 Å². The van der Waals surface area contributed by atoms with Gasteiger partial charge in [-0.05, 0) is 44.3 Å². The molecule has 41 heavy (non-hydrogen) atoms. The Morgan fingerprint density at radius 2 is 1.05 bits per heavy atom. The Hall–Kier alpha value is -5.28. The quantitative estimate of drug-likeness (QED) is 0.163. The number of para-hydroxylation sites is 6. The number of aromatic nitrogens is 9. The number of hydrogen-bond donors (Lipinski definition) is 0. The van der Waals surface area contributed by atoms with Crippen molar-refractivity contribution in [1.29, 1.82) is 0 Å². The number of halogens is 1. The summed E-state index contributed by atoms with van der Waals surface area (Å²) in [5, 5.41) is 44.4. The van der Waals surface area contributed by atoms with E-state index in [1.807, 2.05) is 0 Å². The van der Waals surface area contributed by atoms with Crippen LogP contribution in [0.2, 0.25) is 5.28 Å². The molecule has 0 atom stereocenters. The largest absolute Gasteiger partial charge is 0.594 e. The SMILES string of the molecule is COCCOc1nc2ccccc2[n+]([O-])n1.COc1nc2ccccc2[n+]([O-])n1.[O-][n+]1nc(Cl)nc2ccccc21. The minimum Gasteiger partial charge on any atom is -0.594 e. The maximum absolute atomic E-state index is 11.5. The van der Waals surface area contributed by atoms with Gasteiger partial charge >= 0.3 is 12.0 Å². The van der Waals surface area contributed by atoms with Gasteiger partial charge in [0.05, 0.1) is 23.9 Å². The fourth-order valence-electron chi connectivity index (χ4n) is 3.29. The average molecular weight is 580 g/mol. The molecule has 0 N–H and O–H groups in total. The highest BCUT2D eigenvalue weighted by molar-refractivity contribution is 6.28. The summed E-state index contributed by atoms with van der Waals surface area (Å²) in [4.78, 5) is 13.4. The van der Waals surface area contributed by atoms with Gasteiger partial charge in [-0.3, -0.25) is 0 Å². The molecule has 3 aromatic heterocycles. The molecule has 0 saturated heterocycles. The van der Waals surface area contributed by atoms with Crippen molar-refractivity contribution in [2.75, 3.05) is 27.4 Å². The first-order valence-corrected chi connectivity index (χ1v) is 12.2. The van der Waals surface area contributed by atoms with Crippen LogP contribution in [0.5, 0.6) is 12.0 Å². The van der Waals surface area contributed by atoms with Crippen molar-refractivity contribution in [2.24, 2.45) is 0 Å². The minimum absolute atomic E-state index is 0.0382. The predicted molar refractivity (Wildman–Crippen MR) is 144 cm³/mol. The molecule has 6 aromatic rings. The fraction of sp³-hybridized carbons (Fsp3) is 0.160. The lowest BCUT2D eigenvalue weighted by atomic mass is 10.3.